The molecule has 0 radical (unpaired) electrons. The van der Waals surface area contributed by atoms with Gasteiger partial charge >= 0.3 is 0 Å². The van der Waals surface area contributed by atoms with Gasteiger partial charge in [0.25, 0.3) is 0 Å². The SMILES string of the molecule is CC.CC.CNCCN1CCOCC1.NCc1cccc2ccccc12. The number of benzene rings is 2. The van der Waals surface area contributed by atoms with Crippen molar-refractivity contribution < 1.29 is 4.74 Å². The van der Waals surface area contributed by atoms with Gasteiger partial charge in [-0.1, -0.05) is 70.2 Å². The Morgan fingerprint density at radius 2 is 1.58 bits per heavy atom. The number of fused-ring (bicyclic) bond motifs is 1. The van der Waals surface area contributed by atoms with Crippen LogP contribution in [0.2, 0.25) is 0 Å². The molecule has 4 nitrogen and oxygen atoms in total. The van der Waals surface area contributed by atoms with Crippen LogP contribution < -0.4 is 11.1 Å². The van der Waals surface area contributed by atoms with Gasteiger partial charge in [-0.25, -0.2) is 0 Å². The van der Waals surface area contributed by atoms with E-state index in [2.05, 4.69) is 34.5 Å². The summed E-state index contributed by atoms with van der Waals surface area (Å²) < 4.78 is 5.22. The Hall–Kier alpha value is -1.46. The van der Waals surface area contributed by atoms with Crippen LogP contribution in [0.15, 0.2) is 42.5 Å². The van der Waals surface area contributed by atoms with Crippen molar-refractivity contribution in [1.82, 2.24) is 10.2 Å². The number of rotatable bonds is 4. The van der Waals surface area contributed by atoms with Gasteiger partial charge in [-0.05, 0) is 23.4 Å². The molecule has 1 fully saturated rings. The van der Waals surface area contributed by atoms with Gasteiger partial charge in [0.2, 0.25) is 0 Å². The Balaban J connectivity index is 0.000000409. The van der Waals surface area contributed by atoms with Gasteiger partial charge in [-0.15, -0.1) is 0 Å². The quantitative estimate of drug-likeness (QED) is 0.867. The molecule has 0 spiro atoms. The molecular weight excluding hydrogens is 322 g/mol. The van der Waals surface area contributed by atoms with E-state index < -0.39 is 0 Å². The lowest BCUT2D eigenvalue weighted by Crippen LogP contribution is -2.39. The Morgan fingerprint density at radius 1 is 0.962 bits per heavy atom. The van der Waals surface area contributed by atoms with E-state index in [1.165, 1.54) is 16.3 Å². The molecule has 148 valence electrons. The average Bonchev–Trinajstić information content (AvgIpc) is 2.76. The fourth-order valence-electron chi connectivity index (χ4n) is 2.57. The number of ether oxygens (including phenoxy) is 1. The maximum absolute atomic E-state index is 5.62. The highest BCUT2D eigenvalue weighted by atomic mass is 16.5. The number of hydrogen-bond donors (Lipinski definition) is 2. The highest BCUT2D eigenvalue weighted by molar-refractivity contribution is 5.85. The van der Waals surface area contributed by atoms with Gasteiger partial charge in [-0.2, -0.15) is 0 Å². The zero-order valence-electron chi connectivity index (χ0n) is 17.4. The van der Waals surface area contributed by atoms with E-state index in [0.717, 1.165) is 39.4 Å². The van der Waals surface area contributed by atoms with Crippen molar-refractivity contribution >= 4 is 10.8 Å². The Kier molecular flexibility index (Phi) is 16.0. The molecule has 0 saturated carbocycles. The third-order valence-corrected chi connectivity index (χ3v) is 3.88. The molecule has 1 heterocycles. The van der Waals surface area contributed by atoms with Crippen LogP contribution in [-0.2, 0) is 11.3 Å². The molecule has 0 aromatic heterocycles. The summed E-state index contributed by atoms with van der Waals surface area (Å²) in [5.41, 5.74) is 6.83. The molecule has 1 saturated heterocycles. The minimum absolute atomic E-state index is 0.612. The van der Waals surface area contributed by atoms with Gasteiger partial charge in [0.15, 0.2) is 0 Å². The monoisotopic (exact) mass is 361 g/mol. The molecule has 0 atom stereocenters. The number of nitrogens with two attached hydrogens (primary N) is 1. The Labute approximate surface area is 160 Å². The summed E-state index contributed by atoms with van der Waals surface area (Å²) in [6.07, 6.45) is 0. The standard InChI is InChI=1S/C11H11N.C7H16N2O.2C2H6/c12-8-10-6-3-5-9-4-1-2-7-11(9)10;1-8-2-3-9-4-6-10-7-5-9;2*1-2/h1-7H,8,12H2;8H,2-7H2,1H3;2*1-2H3. The van der Waals surface area contributed by atoms with Crippen molar-refractivity contribution in [3.63, 3.8) is 0 Å². The first-order valence-corrected chi connectivity index (χ1v) is 9.96. The molecule has 4 heteroatoms. The molecule has 3 rings (SSSR count). The zero-order valence-corrected chi connectivity index (χ0v) is 17.4. The number of likely N-dealkylation sites (N-methyl/N-ethyl adjacent to an activating group) is 1. The number of nitrogens with one attached hydrogen (secondary N) is 1. The van der Waals surface area contributed by atoms with Crippen molar-refractivity contribution in [2.24, 2.45) is 5.73 Å². The summed E-state index contributed by atoms with van der Waals surface area (Å²) >= 11 is 0. The van der Waals surface area contributed by atoms with Gasteiger partial charge < -0.3 is 15.8 Å². The average molecular weight is 362 g/mol. The molecule has 0 unspecified atom stereocenters. The van der Waals surface area contributed by atoms with Gasteiger partial charge in [0.05, 0.1) is 13.2 Å². The van der Waals surface area contributed by atoms with Gasteiger partial charge in [-0.3, -0.25) is 4.90 Å². The van der Waals surface area contributed by atoms with Crippen LogP contribution >= 0.6 is 0 Å². The van der Waals surface area contributed by atoms with Crippen LogP contribution in [0.25, 0.3) is 10.8 Å². The van der Waals surface area contributed by atoms with Crippen LogP contribution in [0.3, 0.4) is 0 Å². The maximum atomic E-state index is 5.62. The summed E-state index contributed by atoms with van der Waals surface area (Å²) in [5.74, 6) is 0. The lowest BCUT2D eigenvalue weighted by atomic mass is 10.1. The first-order valence-electron chi connectivity index (χ1n) is 9.96. The second-order valence-electron chi connectivity index (χ2n) is 5.40. The van der Waals surface area contributed by atoms with E-state index in [0.29, 0.717) is 6.54 Å². The smallest absolute Gasteiger partial charge is 0.0594 e. The predicted octanol–water partition coefficient (Wildman–Crippen LogP) is 3.89. The number of nitrogens with zero attached hydrogens (tertiary/aromatic N) is 1. The van der Waals surface area contributed by atoms with Crippen molar-refractivity contribution in [3.8, 4) is 0 Å². The Morgan fingerprint density at radius 3 is 2.19 bits per heavy atom. The molecule has 1 aliphatic rings. The largest absolute Gasteiger partial charge is 0.379 e. The summed E-state index contributed by atoms with van der Waals surface area (Å²) in [4.78, 5) is 2.42. The fraction of sp³-hybridized carbons (Fsp3) is 0.545. The maximum Gasteiger partial charge on any atom is 0.0594 e. The molecule has 1 aliphatic heterocycles. The van der Waals surface area contributed by atoms with Crippen LogP contribution in [0.1, 0.15) is 33.3 Å². The first kappa shape index (κ1) is 24.5. The van der Waals surface area contributed by atoms with Crippen LogP contribution in [0.4, 0.5) is 0 Å². The van der Waals surface area contributed by atoms with Gasteiger partial charge in [0.1, 0.15) is 0 Å². The summed E-state index contributed by atoms with van der Waals surface area (Å²) in [6.45, 7) is 14.9. The van der Waals surface area contributed by atoms with Crippen molar-refractivity contribution in [3.05, 3.63) is 48.0 Å². The molecule has 0 amide bonds. The summed E-state index contributed by atoms with van der Waals surface area (Å²) in [5, 5.41) is 5.66. The minimum atomic E-state index is 0.612. The second-order valence-corrected chi connectivity index (χ2v) is 5.40. The fourth-order valence-corrected chi connectivity index (χ4v) is 2.57. The van der Waals surface area contributed by atoms with E-state index in [1.807, 2.05) is 52.9 Å². The van der Waals surface area contributed by atoms with E-state index in [9.17, 15) is 0 Å². The van der Waals surface area contributed by atoms with E-state index in [-0.39, 0.29) is 0 Å². The third-order valence-electron chi connectivity index (χ3n) is 3.88. The predicted molar refractivity (Wildman–Crippen MR) is 116 cm³/mol. The van der Waals surface area contributed by atoms with Crippen molar-refractivity contribution in [2.45, 2.75) is 34.2 Å². The van der Waals surface area contributed by atoms with E-state index in [1.54, 1.807) is 0 Å². The molecule has 0 aliphatic carbocycles. The van der Waals surface area contributed by atoms with Gasteiger partial charge in [0, 0.05) is 32.7 Å². The van der Waals surface area contributed by atoms with E-state index in [4.69, 9.17) is 10.5 Å². The topological polar surface area (TPSA) is 50.5 Å². The third kappa shape index (κ3) is 9.30. The first-order chi connectivity index (χ1) is 12.8. The summed E-state index contributed by atoms with van der Waals surface area (Å²) in [6, 6.07) is 14.5. The molecule has 0 bridgehead atoms. The molecular formula is C22H39N3O. The summed E-state index contributed by atoms with van der Waals surface area (Å²) in [7, 11) is 1.99. The molecule has 2 aromatic rings. The number of morpholine rings is 1. The van der Waals surface area contributed by atoms with Crippen LogP contribution in [0, 0.1) is 0 Å². The van der Waals surface area contributed by atoms with Crippen molar-refractivity contribution in [1.29, 1.82) is 0 Å². The molecule has 2 aromatic carbocycles. The number of hydrogen-bond acceptors (Lipinski definition) is 4. The van der Waals surface area contributed by atoms with Crippen molar-refractivity contribution in [2.75, 3.05) is 46.4 Å². The highest BCUT2D eigenvalue weighted by Crippen LogP contribution is 2.17. The van der Waals surface area contributed by atoms with E-state index >= 15 is 0 Å². The van der Waals surface area contributed by atoms with Crippen LogP contribution in [0.5, 0.6) is 0 Å². The lowest BCUT2D eigenvalue weighted by Gasteiger charge is -2.26. The minimum Gasteiger partial charge on any atom is -0.379 e. The Bertz CT molecular complexity index is 549. The normalized spacial score (nSPS) is 13.5. The molecule has 3 N–H and O–H groups in total. The zero-order chi connectivity index (χ0) is 19.6. The van der Waals surface area contributed by atoms with Crippen LogP contribution in [-0.4, -0.2) is 51.3 Å². The second kappa shape index (κ2) is 17.0. The lowest BCUT2D eigenvalue weighted by molar-refractivity contribution is 0.0386. The highest BCUT2D eigenvalue weighted by Gasteiger charge is 2.07. The molecule has 26 heavy (non-hydrogen) atoms.